The van der Waals surface area contributed by atoms with Crippen LogP contribution in [0.15, 0.2) is 42.7 Å². The Morgan fingerprint density at radius 3 is 3.08 bits per heavy atom. The third-order valence-corrected chi connectivity index (χ3v) is 4.52. The van der Waals surface area contributed by atoms with E-state index in [-0.39, 0.29) is 12.0 Å². The molecule has 1 N–H and O–H groups in total. The van der Waals surface area contributed by atoms with E-state index in [1.165, 1.54) is 0 Å². The molecule has 1 atom stereocenters. The summed E-state index contributed by atoms with van der Waals surface area (Å²) in [6.07, 6.45) is 5.55. The van der Waals surface area contributed by atoms with Crippen molar-refractivity contribution in [3.63, 3.8) is 0 Å². The van der Waals surface area contributed by atoms with Gasteiger partial charge in [0.05, 0.1) is 17.8 Å². The van der Waals surface area contributed by atoms with Crippen molar-refractivity contribution in [1.82, 2.24) is 19.9 Å². The molecule has 0 bridgehead atoms. The molecular weight excluding hydrogens is 316 g/mol. The van der Waals surface area contributed by atoms with Gasteiger partial charge in [-0.1, -0.05) is 18.2 Å². The summed E-state index contributed by atoms with van der Waals surface area (Å²) in [5, 5.41) is 3.90. The van der Waals surface area contributed by atoms with Gasteiger partial charge in [0.15, 0.2) is 5.82 Å². The van der Waals surface area contributed by atoms with E-state index in [1.54, 1.807) is 6.20 Å². The summed E-state index contributed by atoms with van der Waals surface area (Å²) in [6, 6.07) is 9.70. The quantitative estimate of drug-likeness (QED) is 0.795. The van der Waals surface area contributed by atoms with Crippen molar-refractivity contribution in [2.75, 3.05) is 6.61 Å². The van der Waals surface area contributed by atoms with E-state index in [9.17, 15) is 4.79 Å². The highest BCUT2D eigenvalue weighted by Gasteiger charge is 2.20. The van der Waals surface area contributed by atoms with Gasteiger partial charge in [0.2, 0.25) is 0 Å². The molecule has 0 unspecified atom stereocenters. The Morgan fingerprint density at radius 1 is 1.36 bits per heavy atom. The molecule has 1 aliphatic rings. The molecule has 0 saturated carbocycles. The molecule has 0 aliphatic carbocycles. The lowest BCUT2D eigenvalue weighted by atomic mass is 10.1. The minimum absolute atomic E-state index is 0.0197. The first-order valence-electron chi connectivity index (χ1n) is 8.48. The van der Waals surface area contributed by atoms with Crippen LogP contribution in [0.2, 0.25) is 0 Å². The molecule has 2 aromatic heterocycles. The summed E-state index contributed by atoms with van der Waals surface area (Å²) in [5.74, 6) is 0.600. The van der Waals surface area contributed by atoms with Gasteiger partial charge in [-0.2, -0.15) is 0 Å². The third kappa shape index (κ3) is 3.13. The fraction of sp³-hybridized carbons (Fsp3) is 0.316. The van der Waals surface area contributed by atoms with E-state index in [0.29, 0.717) is 17.9 Å². The number of aromatic nitrogens is 3. The SMILES string of the molecule is Cn1cc(C(=O)NCc2ccnc([C@@H]3CCCO3)n2)c2ccccc21. The Labute approximate surface area is 145 Å². The van der Waals surface area contributed by atoms with Gasteiger partial charge < -0.3 is 14.6 Å². The van der Waals surface area contributed by atoms with E-state index in [4.69, 9.17) is 4.74 Å². The fourth-order valence-electron chi connectivity index (χ4n) is 3.24. The highest BCUT2D eigenvalue weighted by Crippen LogP contribution is 2.25. The number of carbonyl (C=O) groups excluding carboxylic acids is 1. The molecule has 128 valence electrons. The molecule has 1 aliphatic heterocycles. The van der Waals surface area contributed by atoms with E-state index in [2.05, 4.69) is 15.3 Å². The predicted octanol–water partition coefficient (Wildman–Crippen LogP) is 2.75. The summed E-state index contributed by atoms with van der Waals surface area (Å²) < 4.78 is 7.59. The number of nitrogens with zero attached hydrogens (tertiary/aromatic N) is 3. The first-order valence-corrected chi connectivity index (χ1v) is 8.48. The number of aryl methyl sites for hydroxylation is 1. The minimum atomic E-state index is -0.103. The molecule has 6 heteroatoms. The Kier molecular flexibility index (Phi) is 4.19. The highest BCUT2D eigenvalue weighted by molar-refractivity contribution is 6.06. The standard InChI is InChI=1S/C19H20N4O2/c1-23-12-15(14-5-2-3-6-16(14)23)19(24)21-11-13-8-9-20-18(22-13)17-7-4-10-25-17/h2-3,5-6,8-9,12,17H,4,7,10-11H2,1H3,(H,21,24)/t17-/m0/s1. The predicted molar refractivity (Wildman–Crippen MR) is 94.0 cm³/mol. The van der Waals surface area contributed by atoms with Gasteiger partial charge in [-0.25, -0.2) is 9.97 Å². The third-order valence-electron chi connectivity index (χ3n) is 4.52. The van der Waals surface area contributed by atoms with Gasteiger partial charge in [0, 0.05) is 37.0 Å². The van der Waals surface area contributed by atoms with E-state index >= 15 is 0 Å². The molecular formula is C19H20N4O2. The number of benzene rings is 1. The number of hydrogen-bond acceptors (Lipinski definition) is 4. The van der Waals surface area contributed by atoms with Gasteiger partial charge in [-0.15, -0.1) is 0 Å². The maximum atomic E-state index is 12.6. The van der Waals surface area contributed by atoms with Crippen molar-refractivity contribution in [2.45, 2.75) is 25.5 Å². The Bertz CT molecular complexity index is 913. The van der Waals surface area contributed by atoms with Gasteiger partial charge in [0.25, 0.3) is 5.91 Å². The van der Waals surface area contributed by atoms with Crippen molar-refractivity contribution in [1.29, 1.82) is 0 Å². The maximum absolute atomic E-state index is 12.6. The highest BCUT2D eigenvalue weighted by atomic mass is 16.5. The molecule has 0 radical (unpaired) electrons. The second-order valence-electron chi connectivity index (χ2n) is 6.26. The van der Waals surface area contributed by atoms with Crippen LogP contribution in [0.3, 0.4) is 0 Å². The molecule has 1 amide bonds. The number of amides is 1. The monoisotopic (exact) mass is 336 g/mol. The number of hydrogen-bond donors (Lipinski definition) is 1. The molecule has 4 rings (SSSR count). The Balaban J connectivity index is 1.49. The minimum Gasteiger partial charge on any atom is -0.370 e. The molecule has 1 aromatic carbocycles. The average Bonchev–Trinajstić information content (AvgIpc) is 3.29. The van der Waals surface area contributed by atoms with Crippen LogP contribution < -0.4 is 5.32 Å². The first-order chi connectivity index (χ1) is 12.2. The lowest BCUT2D eigenvalue weighted by molar-refractivity contribution is 0.0951. The van der Waals surface area contributed by atoms with E-state index in [0.717, 1.165) is 36.0 Å². The summed E-state index contributed by atoms with van der Waals surface area (Å²) >= 11 is 0. The maximum Gasteiger partial charge on any atom is 0.253 e. The molecule has 0 spiro atoms. The van der Waals surface area contributed by atoms with Crippen molar-refractivity contribution in [2.24, 2.45) is 7.05 Å². The summed E-state index contributed by atoms with van der Waals surface area (Å²) in [7, 11) is 1.94. The largest absolute Gasteiger partial charge is 0.370 e. The lowest BCUT2D eigenvalue weighted by Gasteiger charge is -2.09. The van der Waals surface area contributed by atoms with Gasteiger partial charge in [-0.3, -0.25) is 4.79 Å². The van der Waals surface area contributed by atoms with Crippen LogP contribution in [0, 0.1) is 0 Å². The molecule has 3 heterocycles. The van der Waals surface area contributed by atoms with Crippen molar-refractivity contribution < 1.29 is 9.53 Å². The average molecular weight is 336 g/mol. The van der Waals surface area contributed by atoms with E-state index in [1.807, 2.05) is 48.1 Å². The van der Waals surface area contributed by atoms with Crippen LogP contribution in [0.5, 0.6) is 0 Å². The van der Waals surface area contributed by atoms with Crippen molar-refractivity contribution in [3.8, 4) is 0 Å². The second kappa shape index (κ2) is 6.64. The number of ether oxygens (including phenoxy) is 1. The first kappa shape index (κ1) is 15.8. The van der Waals surface area contributed by atoms with Crippen LogP contribution in [0.1, 0.15) is 40.8 Å². The van der Waals surface area contributed by atoms with Gasteiger partial charge in [-0.05, 0) is 25.0 Å². The zero-order valence-corrected chi connectivity index (χ0v) is 14.1. The van der Waals surface area contributed by atoms with Crippen LogP contribution in [0.4, 0.5) is 0 Å². The summed E-state index contributed by atoms with van der Waals surface area (Å²) in [4.78, 5) is 21.4. The Morgan fingerprint density at radius 2 is 2.24 bits per heavy atom. The molecule has 1 saturated heterocycles. The fourth-order valence-corrected chi connectivity index (χ4v) is 3.24. The topological polar surface area (TPSA) is 69.0 Å². The smallest absolute Gasteiger partial charge is 0.253 e. The van der Waals surface area contributed by atoms with Crippen molar-refractivity contribution >= 4 is 16.8 Å². The number of fused-ring (bicyclic) bond motifs is 1. The van der Waals surface area contributed by atoms with Crippen LogP contribution in [-0.4, -0.2) is 27.0 Å². The van der Waals surface area contributed by atoms with Crippen molar-refractivity contribution in [3.05, 3.63) is 59.8 Å². The number of rotatable bonds is 4. The number of carbonyl (C=O) groups is 1. The zero-order valence-electron chi connectivity index (χ0n) is 14.1. The second-order valence-corrected chi connectivity index (χ2v) is 6.26. The number of para-hydroxylation sites is 1. The molecule has 6 nitrogen and oxygen atoms in total. The molecule has 1 fully saturated rings. The van der Waals surface area contributed by atoms with Gasteiger partial charge in [0.1, 0.15) is 6.10 Å². The lowest BCUT2D eigenvalue weighted by Crippen LogP contribution is -2.23. The molecule has 25 heavy (non-hydrogen) atoms. The van der Waals surface area contributed by atoms with Crippen LogP contribution in [0.25, 0.3) is 10.9 Å². The number of nitrogens with one attached hydrogen (secondary N) is 1. The van der Waals surface area contributed by atoms with Gasteiger partial charge >= 0.3 is 0 Å². The molecule has 3 aromatic rings. The summed E-state index contributed by atoms with van der Waals surface area (Å²) in [6.45, 7) is 1.13. The van der Waals surface area contributed by atoms with E-state index < -0.39 is 0 Å². The van der Waals surface area contributed by atoms with Crippen LogP contribution in [-0.2, 0) is 18.3 Å². The summed E-state index contributed by atoms with van der Waals surface area (Å²) in [5.41, 5.74) is 2.50. The zero-order chi connectivity index (χ0) is 17.2. The Hall–Kier alpha value is -2.73. The van der Waals surface area contributed by atoms with Crippen LogP contribution >= 0.6 is 0 Å². The normalized spacial score (nSPS) is 17.1.